The molecule has 3 aromatic rings. The summed E-state index contributed by atoms with van der Waals surface area (Å²) in [4.78, 5) is 28.4. The Balaban J connectivity index is 1.41. The summed E-state index contributed by atoms with van der Waals surface area (Å²) in [7, 11) is 1.63. The Kier molecular flexibility index (Phi) is 5.57. The van der Waals surface area contributed by atoms with Crippen LogP contribution in [0.1, 0.15) is 24.8 Å². The van der Waals surface area contributed by atoms with Crippen LogP contribution in [0.25, 0.3) is 22.1 Å². The molecule has 0 N–H and O–H groups in total. The Morgan fingerprint density at radius 1 is 1.06 bits per heavy atom. The number of likely N-dealkylation sites (tertiary alicyclic amines) is 1. The molecular weight excluding hydrogens is 408 g/mol. The second kappa shape index (κ2) is 8.67. The molecular formula is C25H26N2O5. The average Bonchev–Trinajstić information content (AvgIpc) is 3.23. The molecule has 7 heteroatoms. The van der Waals surface area contributed by atoms with Crippen molar-refractivity contribution in [2.75, 3.05) is 33.5 Å². The molecule has 5 rings (SSSR count). The van der Waals surface area contributed by atoms with Crippen LogP contribution in [0.2, 0.25) is 0 Å². The molecule has 1 aromatic heterocycles. The highest BCUT2D eigenvalue weighted by Crippen LogP contribution is 2.36. The molecule has 1 fully saturated rings. The lowest BCUT2D eigenvalue weighted by Crippen LogP contribution is -2.35. The molecule has 2 aliphatic rings. The van der Waals surface area contributed by atoms with Crippen LogP contribution in [0.5, 0.6) is 11.5 Å². The number of rotatable bonds is 6. The molecule has 166 valence electrons. The van der Waals surface area contributed by atoms with Crippen LogP contribution < -0.4 is 15.1 Å². The molecule has 0 unspecified atom stereocenters. The Morgan fingerprint density at radius 2 is 1.91 bits per heavy atom. The number of benzene rings is 2. The zero-order chi connectivity index (χ0) is 22.1. The van der Waals surface area contributed by atoms with Crippen molar-refractivity contribution in [3.8, 4) is 22.6 Å². The molecule has 0 atom stereocenters. The van der Waals surface area contributed by atoms with Crippen LogP contribution in [-0.2, 0) is 11.3 Å². The molecule has 0 spiro atoms. The van der Waals surface area contributed by atoms with E-state index < -0.39 is 0 Å². The standard InChI is InChI=1S/C25H26N2O5/c1-30-18-7-5-17(6-8-18)20-14-24(29)32-25-19(20)9-10-22-21(25)15-26(16-31-22)11-3-13-27-12-2-4-23(27)28/h5-10,14H,2-4,11-13,15-16H2,1H3. The SMILES string of the molecule is COc1ccc(-c2cc(=O)oc3c4c(ccc23)OCN(CCCN2CCCC2=O)C4)cc1. The molecule has 2 aliphatic heterocycles. The fourth-order valence-electron chi connectivity index (χ4n) is 4.56. The Hall–Kier alpha value is -3.32. The molecule has 7 nitrogen and oxygen atoms in total. The molecule has 0 saturated carbocycles. The minimum atomic E-state index is -0.388. The van der Waals surface area contributed by atoms with Crippen molar-refractivity contribution in [1.82, 2.24) is 9.80 Å². The van der Waals surface area contributed by atoms with Gasteiger partial charge in [-0.05, 0) is 48.2 Å². The van der Waals surface area contributed by atoms with E-state index in [-0.39, 0.29) is 11.5 Å². The first kappa shape index (κ1) is 20.6. The highest BCUT2D eigenvalue weighted by molar-refractivity contribution is 5.95. The van der Waals surface area contributed by atoms with Gasteiger partial charge in [-0.1, -0.05) is 12.1 Å². The van der Waals surface area contributed by atoms with Crippen molar-refractivity contribution in [3.05, 3.63) is 58.4 Å². The van der Waals surface area contributed by atoms with E-state index in [0.717, 1.165) is 66.1 Å². The Bertz CT molecular complexity index is 1200. The minimum absolute atomic E-state index is 0.254. The number of hydrogen-bond acceptors (Lipinski definition) is 6. The van der Waals surface area contributed by atoms with E-state index in [9.17, 15) is 9.59 Å². The third-order valence-corrected chi connectivity index (χ3v) is 6.23. The van der Waals surface area contributed by atoms with Crippen LogP contribution in [0.15, 0.2) is 51.7 Å². The first-order chi connectivity index (χ1) is 15.6. The zero-order valence-electron chi connectivity index (χ0n) is 18.1. The van der Waals surface area contributed by atoms with Gasteiger partial charge < -0.3 is 18.8 Å². The summed E-state index contributed by atoms with van der Waals surface area (Å²) in [6.45, 7) is 3.56. The van der Waals surface area contributed by atoms with E-state index in [4.69, 9.17) is 13.9 Å². The zero-order valence-corrected chi connectivity index (χ0v) is 18.1. The first-order valence-electron chi connectivity index (χ1n) is 11.0. The number of carbonyl (C=O) groups excluding carboxylic acids is 1. The summed E-state index contributed by atoms with van der Waals surface area (Å²) in [6, 6.07) is 13.1. The second-order valence-electron chi connectivity index (χ2n) is 8.29. The molecule has 32 heavy (non-hydrogen) atoms. The number of nitrogens with zero attached hydrogens (tertiary/aromatic N) is 2. The van der Waals surface area contributed by atoms with Crippen molar-refractivity contribution in [2.45, 2.75) is 25.8 Å². The number of methoxy groups -OCH3 is 1. The predicted molar refractivity (Wildman–Crippen MR) is 121 cm³/mol. The quantitative estimate of drug-likeness (QED) is 0.552. The maximum Gasteiger partial charge on any atom is 0.336 e. The van der Waals surface area contributed by atoms with Gasteiger partial charge in [-0.15, -0.1) is 0 Å². The number of hydrogen-bond donors (Lipinski definition) is 0. The highest BCUT2D eigenvalue weighted by Gasteiger charge is 2.24. The van der Waals surface area contributed by atoms with Crippen molar-refractivity contribution >= 4 is 16.9 Å². The smallest absolute Gasteiger partial charge is 0.336 e. The Morgan fingerprint density at radius 3 is 2.66 bits per heavy atom. The molecule has 2 aromatic carbocycles. The molecule has 0 aliphatic carbocycles. The minimum Gasteiger partial charge on any atom is -0.497 e. The van der Waals surface area contributed by atoms with Gasteiger partial charge in [0.2, 0.25) is 5.91 Å². The summed E-state index contributed by atoms with van der Waals surface area (Å²) in [5, 5.41) is 0.877. The predicted octanol–water partition coefficient (Wildman–Crippen LogP) is 3.63. The van der Waals surface area contributed by atoms with E-state index in [2.05, 4.69) is 4.90 Å². The van der Waals surface area contributed by atoms with Gasteiger partial charge in [-0.25, -0.2) is 4.79 Å². The van der Waals surface area contributed by atoms with Crippen LogP contribution >= 0.6 is 0 Å². The molecule has 1 amide bonds. The van der Waals surface area contributed by atoms with Gasteiger partial charge in [-0.3, -0.25) is 9.69 Å². The highest BCUT2D eigenvalue weighted by atomic mass is 16.5. The van der Waals surface area contributed by atoms with E-state index in [1.165, 1.54) is 6.07 Å². The monoisotopic (exact) mass is 434 g/mol. The lowest BCUT2D eigenvalue weighted by molar-refractivity contribution is -0.127. The van der Waals surface area contributed by atoms with Gasteiger partial charge in [0.15, 0.2) is 0 Å². The Labute approximate surface area is 186 Å². The molecule has 0 bridgehead atoms. The fourth-order valence-corrected chi connectivity index (χ4v) is 4.56. The fraction of sp³-hybridized carbons (Fsp3) is 0.360. The van der Waals surface area contributed by atoms with Gasteiger partial charge in [0.05, 0.1) is 12.7 Å². The average molecular weight is 434 g/mol. The third kappa shape index (κ3) is 3.96. The summed E-state index contributed by atoms with van der Waals surface area (Å²) < 4.78 is 16.9. The number of amides is 1. The van der Waals surface area contributed by atoms with Crippen molar-refractivity contribution in [1.29, 1.82) is 0 Å². The van der Waals surface area contributed by atoms with Gasteiger partial charge in [0.25, 0.3) is 0 Å². The summed E-state index contributed by atoms with van der Waals surface area (Å²) in [6.07, 6.45) is 2.51. The van der Waals surface area contributed by atoms with E-state index in [0.29, 0.717) is 25.3 Å². The van der Waals surface area contributed by atoms with E-state index in [1.54, 1.807) is 7.11 Å². The van der Waals surface area contributed by atoms with Crippen LogP contribution in [0.3, 0.4) is 0 Å². The van der Waals surface area contributed by atoms with Crippen LogP contribution in [-0.4, -0.2) is 49.2 Å². The van der Waals surface area contributed by atoms with Crippen molar-refractivity contribution in [2.24, 2.45) is 0 Å². The van der Waals surface area contributed by atoms with Crippen molar-refractivity contribution in [3.63, 3.8) is 0 Å². The van der Waals surface area contributed by atoms with Gasteiger partial charge in [0, 0.05) is 44.1 Å². The number of carbonyl (C=O) groups is 1. The molecule has 3 heterocycles. The topological polar surface area (TPSA) is 72.2 Å². The largest absolute Gasteiger partial charge is 0.497 e. The lowest BCUT2D eigenvalue weighted by atomic mass is 9.99. The van der Waals surface area contributed by atoms with Crippen LogP contribution in [0.4, 0.5) is 0 Å². The van der Waals surface area contributed by atoms with E-state index in [1.807, 2.05) is 41.3 Å². The van der Waals surface area contributed by atoms with Crippen LogP contribution in [0, 0.1) is 0 Å². The molecule has 0 radical (unpaired) electrons. The van der Waals surface area contributed by atoms with Gasteiger partial charge >= 0.3 is 5.63 Å². The number of fused-ring (bicyclic) bond motifs is 3. The van der Waals surface area contributed by atoms with Gasteiger partial charge in [0.1, 0.15) is 23.8 Å². The molecule has 1 saturated heterocycles. The summed E-state index contributed by atoms with van der Waals surface area (Å²) >= 11 is 0. The summed E-state index contributed by atoms with van der Waals surface area (Å²) in [5.41, 5.74) is 2.82. The lowest BCUT2D eigenvalue weighted by Gasteiger charge is -2.30. The second-order valence-corrected chi connectivity index (χ2v) is 8.29. The third-order valence-electron chi connectivity index (χ3n) is 6.23. The van der Waals surface area contributed by atoms with Crippen molar-refractivity contribution < 1.29 is 18.7 Å². The first-order valence-corrected chi connectivity index (χ1v) is 11.0. The normalized spacial score (nSPS) is 16.3. The number of ether oxygens (including phenoxy) is 2. The van der Waals surface area contributed by atoms with Gasteiger partial charge in [-0.2, -0.15) is 0 Å². The summed E-state index contributed by atoms with van der Waals surface area (Å²) in [5.74, 6) is 1.76. The maximum atomic E-state index is 12.4. The van der Waals surface area contributed by atoms with E-state index >= 15 is 0 Å². The maximum absolute atomic E-state index is 12.4.